The summed E-state index contributed by atoms with van der Waals surface area (Å²) < 4.78 is 27.2. The van der Waals surface area contributed by atoms with Crippen molar-refractivity contribution in [2.75, 3.05) is 0 Å². The van der Waals surface area contributed by atoms with Gasteiger partial charge in [-0.05, 0) is 26.0 Å². The number of sulfonamides is 1. The number of hydrogen-bond donors (Lipinski definition) is 3. The molecule has 3 N–H and O–H groups in total. The number of rotatable bonds is 4. The van der Waals surface area contributed by atoms with Crippen molar-refractivity contribution in [1.82, 2.24) is 24.9 Å². The van der Waals surface area contributed by atoms with Gasteiger partial charge in [0, 0.05) is 0 Å². The summed E-state index contributed by atoms with van der Waals surface area (Å²) in [5, 5.41) is 6.57. The third-order valence-electron chi connectivity index (χ3n) is 3.20. The normalized spacial score (nSPS) is 12.1. The van der Waals surface area contributed by atoms with Gasteiger partial charge in [-0.3, -0.25) is 5.10 Å². The van der Waals surface area contributed by atoms with Crippen LogP contribution in [-0.4, -0.2) is 28.6 Å². The van der Waals surface area contributed by atoms with Crippen molar-refractivity contribution < 1.29 is 8.42 Å². The Bertz CT molecular complexity index is 842. The van der Waals surface area contributed by atoms with E-state index in [1.54, 1.807) is 13.8 Å². The molecule has 0 fully saturated rings. The van der Waals surface area contributed by atoms with E-state index in [1.165, 1.54) is 0 Å². The van der Waals surface area contributed by atoms with E-state index in [2.05, 4.69) is 24.9 Å². The van der Waals surface area contributed by atoms with Gasteiger partial charge in [0.05, 0.1) is 29.0 Å². The summed E-state index contributed by atoms with van der Waals surface area (Å²) in [6, 6.07) is 7.54. The lowest BCUT2D eigenvalue weighted by Crippen LogP contribution is -2.24. The van der Waals surface area contributed by atoms with Crippen molar-refractivity contribution in [1.29, 1.82) is 0 Å². The zero-order valence-electron chi connectivity index (χ0n) is 11.6. The first-order valence-corrected chi connectivity index (χ1v) is 7.90. The van der Waals surface area contributed by atoms with Crippen LogP contribution >= 0.6 is 0 Å². The van der Waals surface area contributed by atoms with Gasteiger partial charge in [-0.2, -0.15) is 5.10 Å². The molecule has 0 aliphatic heterocycles. The molecule has 0 aliphatic carbocycles. The predicted octanol–water partition coefficient (Wildman–Crippen LogP) is 1.38. The van der Waals surface area contributed by atoms with Gasteiger partial charge in [0.2, 0.25) is 10.0 Å². The lowest BCUT2D eigenvalue weighted by atomic mass is 10.3. The topological polar surface area (TPSA) is 104 Å². The van der Waals surface area contributed by atoms with Crippen LogP contribution in [0.2, 0.25) is 0 Å². The number of para-hydroxylation sites is 2. The largest absolute Gasteiger partial charge is 0.341 e. The maximum absolute atomic E-state index is 12.3. The molecule has 0 amide bonds. The molecule has 7 nitrogen and oxygen atoms in total. The third kappa shape index (κ3) is 2.55. The van der Waals surface area contributed by atoms with Crippen molar-refractivity contribution in [3.8, 4) is 0 Å². The molecule has 2 aromatic heterocycles. The molecule has 21 heavy (non-hydrogen) atoms. The Labute approximate surface area is 121 Å². The maximum Gasteiger partial charge on any atom is 0.244 e. The van der Waals surface area contributed by atoms with Crippen molar-refractivity contribution >= 4 is 21.1 Å². The van der Waals surface area contributed by atoms with Crippen LogP contribution in [0, 0.1) is 13.8 Å². The molecule has 3 rings (SSSR count). The van der Waals surface area contributed by atoms with E-state index in [0.717, 1.165) is 11.0 Å². The van der Waals surface area contributed by atoms with Crippen LogP contribution in [0.15, 0.2) is 29.2 Å². The van der Waals surface area contributed by atoms with Crippen LogP contribution in [0.5, 0.6) is 0 Å². The highest BCUT2D eigenvalue weighted by atomic mass is 32.2. The van der Waals surface area contributed by atoms with Gasteiger partial charge in [-0.25, -0.2) is 18.1 Å². The molecule has 110 valence electrons. The molecule has 3 aromatic rings. The van der Waals surface area contributed by atoms with E-state index < -0.39 is 10.0 Å². The number of aromatic amines is 2. The molecular formula is C13H15N5O2S. The molecule has 0 aliphatic rings. The Kier molecular flexibility index (Phi) is 3.26. The van der Waals surface area contributed by atoms with Gasteiger partial charge in [0.1, 0.15) is 10.7 Å². The van der Waals surface area contributed by atoms with Gasteiger partial charge in [-0.1, -0.05) is 12.1 Å². The smallest absolute Gasteiger partial charge is 0.244 e. The molecule has 1 aromatic carbocycles. The molecule has 0 bridgehead atoms. The fourth-order valence-electron chi connectivity index (χ4n) is 2.26. The SMILES string of the molecule is Cc1n[nH]c(C)c1S(=O)(=O)NCc1nc2ccccc2[nH]1. The number of hydrogen-bond acceptors (Lipinski definition) is 4. The lowest BCUT2D eigenvalue weighted by Gasteiger charge is -2.05. The Morgan fingerprint density at radius 3 is 2.67 bits per heavy atom. The summed E-state index contributed by atoms with van der Waals surface area (Å²) in [6.07, 6.45) is 0. The van der Waals surface area contributed by atoms with E-state index in [0.29, 0.717) is 17.2 Å². The van der Waals surface area contributed by atoms with Crippen LogP contribution in [0.3, 0.4) is 0 Å². The standard InChI is InChI=1S/C13H15N5O2S/c1-8-13(9(2)18-17-8)21(19,20)14-7-12-15-10-5-3-4-6-11(10)16-12/h3-6,14H,7H2,1-2H3,(H,15,16)(H,17,18). The summed E-state index contributed by atoms with van der Waals surface area (Å²) in [5.74, 6) is 0.568. The summed E-state index contributed by atoms with van der Waals surface area (Å²) in [5.41, 5.74) is 2.65. The monoisotopic (exact) mass is 305 g/mol. The zero-order chi connectivity index (χ0) is 15.0. The predicted molar refractivity (Wildman–Crippen MR) is 78.2 cm³/mol. The number of nitrogens with one attached hydrogen (secondary N) is 3. The Morgan fingerprint density at radius 1 is 1.24 bits per heavy atom. The van der Waals surface area contributed by atoms with Crippen LogP contribution < -0.4 is 4.72 Å². The number of H-pyrrole nitrogens is 2. The summed E-state index contributed by atoms with van der Waals surface area (Å²) in [6.45, 7) is 3.43. The second kappa shape index (κ2) is 4.97. The van der Waals surface area contributed by atoms with Crippen molar-refractivity contribution in [2.24, 2.45) is 0 Å². The number of aryl methyl sites for hydroxylation is 2. The number of fused-ring (bicyclic) bond motifs is 1. The maximum atomic E-state index is 12.3. The average molecular weight is 305 g/mol. The quantitative estimate of drug-likeness (QED) is 0.677. The Hall–Kier alpha value is -2.19. The van der Waals surface area contributed by atoms with Gasteiger partial charge >= 0.3 is 0 Å². The molecule has 0 spiro atoms. The number of nitrogens with zero attached hydrogens (tertiary/aromatic N) is 2. The van der Waals surface area contributed by atoms with Gasteiger partial charge in [-0.15, -0.1) is 0 Å². The van der Waals surface area contributed by atoms with Crippen molar-refractivity contribution in [2.45, 2.75) is 25.3 Å². The van der Waals surface area contributed by atoms with Gasteiger partial charge in [0.25, 0.3) is 0 Å². The zero-order valence-corrected chi connectivity index (χ0v) is 12.5. The summed E-state index contributed by atoms with van der Waals surface area (Å²) in [7, 11) is -3.62. The first-order chi connectivity index (χ1) is 9.97. The molecular weight excluding hydrogens is 290 g/mol. The van der Waals surface area contributed by atoms with Crippen molar-refractivity contribution in [3.05, 3.63) is 41.5 Å². The molecule has 8 heteroatoms. The Morgan fingerprint density at radius 2 is 2.00 bits per heavy atom. The second-order valence-corrected chi connectivity index (χ2v) is 6.49. The van der Waals surface area contributed by atoms with Crippen molar-refractivity contribution in [3.63, 3.8) is 0 Å². The van der Waals surface area contributed by atoms with Crippen LogP contribution in [0.1, 0.15) is 17.2 Å². The number of benzene rings is 1. The van der Waals surface area contributed by atoms with Gasteiger partial charge < -0.3 is 4.98 Å². The molecule has 0 unspecified atom stereocenters. The number of aromatic nitrogens is 4. The van der Waals surface area contributed by atoms with E-state index in [9.17, 15) is 8.42 Å². The highest BCUT2D eigenvalue weighted by molar-refractivity contribution is 7.89. The highest BCUT2D eigenvalue weighted by Gasteiger charge is 2.22. The second-order valence-electron chi connectivity index (χ2n) is 4.79. The molecule has 0 saturated carbocycles. The molecule has 0 radical (unpaired) electrons. The fourth-order valence-corrected chi connectivity index (χ4v) is 3.62. The average Bonchev–Trinajstić information content (AvgIpc) is 3.00. The minimum Gasteiger partial charge on any atom is -0.341 e. The van der Waals surface area contributed by atoms with E-state index >= 15 is 0 Å². The number of imidazole rings is 1. The van der Waals surface area contributed by atoms with Gasteiger partial charge in [0.15, 0.2) is 0 Å². The highest BCUT2D eigenvalue weighted by Crippen LogP contribution is 2.17. The fraction of sp³-hybridized carbons (Fsp3) is 0.231. The molecule has 0 saturated heterocycles. The summed E-state index contributed by atoms with van der Waals surface area (Å²) >= 11 is 0. The minimum atomic E-state index is -3.62. The molecule has 2 heterocycles. The molecule has 0 atom stereocenters. The third-order valence-corrected chi connectivity index (χ3v) is 4.86. The Balaban J connectivity index is 1.84. The van der Waals surface area contributed by atoms with Crippen LogP contribution in [0.4, 0.5) is 0 Å². The minimum absolute atomic E-state index is 0.0983. The first kappa shape index (κ1) is 13.8. The summed E-state index contributed by atoms with van der Waals surface area (Å²) in [4.78, 5) is 7.61. The van der Waals surface area contributed by atoms with E-state index in [4.69, 9.17) is 0 Å². The van der Waals surface area contributed by atoms with Crippen LogP contribution in [0.25, 0.3) is 11.0 Å². The first-order valence-electron chi connectivity index (χ1n) is 6.42. The van der Waals surface area contributed by atoms with E-state index in [-0.39, 0.29) is 11.4 Å². The van der Waals surface area contributed by atoms with Crippen LogP contribution in [-0.2, 0) is 16.6 Å². The lowest BCUT2D eigenvalue weighted by molar-refractivity contribution is 0.578. The van der Waals surface area contributed by atoms with E-state index in [1.807, 2.05) is 24.3 Å².